The fourth-order valence-corrected chi connectivity index (χ4v) is 6.18. The summed E-state index contributed by atoms with van der Waals surface area (Å²) in [7, 11) is 0. The van der Waals surface area contributed by atoms with E-state index >= 15 is 4.39 Å². The highest BCUT2D eigenvalue weighted by Gasteiger charge is 2.48. The summed E-state index contributed by atoms with van der Waals surface area (Å²) < 4.78 is 43.0. The molecule has 47 heavy (non-hydrogen) atoms. The molecule has 1 saturated carbocycles. The second kappa shape index (κ2) is 12.8. The predicted octanol–water partition coefficient (Wildman–Crippen LogP) is 5.99. The minimum absolute atomic E-state index is 0.0170. The summed E-state index contributed by atoms with van der Waals surface area (Å²) in [6.07, 6.45) is 3.18. The Morgan fingerprint density at radius 2 is 1.85 bits per heavy atom. The van der Waals surface area contributed by atoms with Crippen LogP contribution in [0.4, 0.5) is 24.7 Å². The van der Waals surface area contributed by atoms with Crippen LogP contribution in [0.1, 0.15) is 42.9 Å². The van der Waals surface area contributed by atoms with Gasteiger partial charge in [0, 0.05) is 65.7 Å². The van der Waals surface area contributed by atoms with Gasteiger partial charge in [-0.1, -0.05) is 35.9 Å². The Bertz CT molecular complexity index is 1900. The summed E-state index contributed by atoms with van der Waals surface area (Å²) in [6.45, 7) is 0. The van der Waals surface area contributed by atoms with E-state index in [1.807, 2.05) is 6.07 Å². The van der Waals surface area contributed by atoms with Gasteiger partial charge in [-0.2, -0.15) is 5.26 Å². The van der Waals surface area contributed by atoms with Crippen LogP contribution in [0.5, 0.6) is 0 Å². The molecule has 9 nitrogen and oxygen atoms in total. The monoisotopic (exact) mass is 658 g/mol. The zero-order chi connectivity index (χ0) is 33.3. The molecule has 1 saturated heterocycles. The topological polar surface area (TPSA) is 119 Å². The van der Waals surface area contributed by atoms with Crippen molar-refractivity contribution < 1.29 is 27.6 Å². The van der Waals surface area contributed by atoms with Crippen molar-refractivity contribution in [2.24, 2.45) is 0 Å². The molecular formula is C34H26ClF3N6O3. The molecule has 6 rings (SSSR count). The fourth-order valence-electron chi connectivity index (χ4n) is 5.94. The molecule has 1 aliphatic carbocycles. The summed E-state index contributed by atoms with van der Waals surface area (Å²) in [6, 6.07) is 14.5. The fraction of sp³-hybridized carbons (Fsp3) is 0.235. The first kappa shape index (κ1) is 31.7. The molecule has 3 heterocycles. The molecule has 2 aromatic carbocycles. The lowest BCUT2D eigenvalue weighted by Gasteiger charge is -2.39. The quantitative estimate of drug-likeness (QED) is 0.248. The van der Waals surface area contributed by atoms with Gasteiger partial charge >= 0.3 is 0 Å². The summed E-state index contributed by atoms with van der Waals surface area (Å²) in [4.78, 5) is 52.7. The molecule has 0 radical (unpaired) electrons. The number of carbonyl (C=O) groups excluding carboxylic acids is 3. The molecule has 2 aromatic heterocycles. The van der Waals surface area contributed by atoms with Crippen molar-refractivity contribution in [2.75, 3.05) is 9.80 Å². The van der Waals surface area contributed by atoms with Crippen molar-refractivity contribution in [1.82, 2.24) is 15.3 Å². The Kier molecular flexibility index (Phi) is 8.66. The highest BCUT2D eigenvalue weighted by Crippen LogP contribution is 2.40. The molecule has 13 heteroatoms. The predicted molar refractivity (Wildman–Crippen MR) is 167 cm³/mol. The van der Waals surface area contributed by atoms with Gasteiger partial charge in [0.05, 0.1) is 11.6 Å². The number of anilines is 2. The number of nitrogens with one attached hydrogen (secondary N) is 1. The van der Waals surface area contributed by atoms with E-state index in [9.17, 15) is 28.4 Å². The standard InChI is InChI=1S/C34H26ClF3N6O3/c35-27-6-2-1-5-26(27)31(32(46)42-24-16-34(37,38)17-24)43(25-14-22(13-23(36)15-25)21-4-3-10-40-19-21)33(47)28-7-8-30(45)44(28)29-12-20(18-39)9-11-41-29/h1-6,9-15,19,24,28,31H,7-8,16-17H2,(H,42,46)/t28-,31-/m0/s1. The average molecular weight is 659 g/mol. The summed E-state index contributed by atoms with van der Waals surface area (Å²) in [5.74, 6) is -5.67. The first-order valence-corrected chi connectivity index (χ1v) is 15.1. The van der Waals surface area contributed by atoms with Crippen LogP contribution < -0.4 is 15.1 Å². The summed E-state index contributed by atoms with van der Waals surface area (Å²) >= 11 is 6.60. The number of nitriles is 1. The van der Waals surface area contributed by atoms with E-state index in [-0.39, 0.29) is 40.5 Å². The van der Waals surface area contributed by atoms with Crippen LogP contribution in [-0.2, 0) is 14.4 Å². The van der Waals surface area contributed by atoms with Gasteiger partial charge < -0.3 is 5.32 Å². The van der Waals surface area contributed by atoms with Gasteiger partial charge in [-0.05, 0) is 54.4 Å². The third kappa shape index (κ3) is 6.53. The van der Waals surface area contributed by atoms with Gasteiger partial charge in [0.1, 0.15) is 23.7 Å². The Hall–Kier alpha value is -5.28. The summed E-state index contributed by atoms with van der Waals surface area (Å²) in [5, 5.41) is 12.2. The van der Waals surface area contributed by atoms with E-state index < -0.39 is 60.4 Å². The maximum Gasteiger partial charge on any atom is 0.252 e. The molecule has 0 spiro atoms. The van der Waals surface area contributed by atoms with E-state index in [4.69, 9.17) is 11.6 Å². The maximum absolute atomic E-state index is 15.4. The first-order chi connectivity index (χ1) is 22.5. The number of rotatable bonds is 8. The Morgan fingerprint density at radius 1 is 1.06 bits per heavy atom. The van der Waals surface area contributed by atoms with Crippen LogP contribution in [-0.4, -0.2) is 45.7 Å². The zero-order valence-electron chi connectivity index (χ0n) is 24.6. The molecular weight excluding hydrogens is 633 g/mol. The number of halogens is 4. The molecule has 2 fully saturated rings. The molecule has 3 amide bonds. The zero-order valence-corrected chi connectivity index (χ0v) is 25.4. The maximum atomic E-state index is 15.4. The Balaban J connectivity index is 1.51. The van der Waals surface area contributed by atoms with Crippen LogP contribution >= 0.6 is 11.6 Å². The third-order valence-electron chi connectivity index (χ3n) is 8.15. The Morgan fingerprint density at radius 3 is 2.55 bits per heavy atom. The van der Waals surface area contributed by atoms with Gasteiger partial charge in [0.2, 0.25) is 11.8 Å². The molecule has 4 aromatic rings. The van der Waals surface area contributed by atoms with Crippen LogP contribution in [0.15, 0.2) is 85.3 Å². The van der Waals surface area contributed by atoms with Crippen molar-refractivity contribution in [2.45, 2.75) is 49.7 Å². The Labute approximate surface area is 272 Å². The lowest BCUT2D eigenvalue weighted by molar-refractivity contribution is -0.133. The second-order valence-electron chi connectivity index (χ2n) is 11.4. The van der Waals surface area contributed by atoms with E-state index in [0.717, 1.165) is 15.9 Å². The number of aromatic nitrogens is 2. The van der Waals surface area contributed by atoms with Crippen LogP contribution in [0.2, 0.25) is 5.02 Å². The summed E-state index contributed by atoms with van der Waals surface area (Å²) in [5.41, 5.74) is 1.16. The smallest absolute Gasteiger partial charge is 0.252 e. The average Bonchev–Trinajstić information content (AvgIpc) is 3.44. The van der Waals surface area contributed by atoms with E-state index in [1.54, 1.807) is 30.5 Å². The van der Waals surface area contributed by atoms with Gasteiger partial charge in [-0.3, -0.25) is 29.2 Å². The van der Waals surface area contributed by atoms with Crippen molar-refractivity contribution in [3.05, 3.63) is 107 Å². The molecule has 0 unspecified atom stereocenters. The molecule has 1 N–H and O–H groups in total. The molecule has 238 valence electrons. The van der Waals surface area contributed by atoms with Crippen LogP contribution in [0.25, 0.3) is 11.1 Å². The molecule has 2 aliphatic rings. The number of nitrogens with zero attached hydrogens (tertiary/aromatic N) is 5. The largest absolute Gasteiger partial charge is 0.351 e. The van der Waals surface area contributed by atoms with E-state index in [1.165, 1.54) is 48.8 Å². The number of benzene rings is 2. The SMILES string of the molecule is N#Cc1ccnc(N2C(=O)CC[C@H]2C(=O)N(c2cc(F)cc(-c3cccnc3)c2)[C@H](C(=O)NC2CC(F)(F)C2)c2ccccc2Cl)c1. The number of pyridine rings is 2. The third-order valence-corrected chi connectivity index (χ3v) is 8.50. The van der Waals surface area contributed by atoms with E-state index in [2.05, 4.69) is 15.3 Å². The number of hydrogen-bond donors (Lipinski definition) is 1. The van der Waals surface area contributed by atoms with Crippen LogP contribution in [0.3, 0.4) is 0 Å². The van der Waals surface area contributed by atoms with Crippen molar-refractivity contribution in [3.8, 4) is 17.2 Å². The normalized spacial score (nSPS) is 17.8. The highest BCUT2D eigenvalue weighted by atomic mass is 35.5. The molecule has 0 bridgehead atoms. The first-order valence-electron chi connectivity index (χ1n) is 14.7. The van der Waals surface area contributed by atoms with E-state index in [0.29, 0.717) is 11.1 Å². The lowest BCUT2D eigenvalue weighted by atomic mass is 9.87. The number of hydrogen-bond acceptors (Lipinski definition) is 6. The number of carbonyl (C=O) groups is 3. The highest BCUT2D eigenvalue weighted by molar-refractivity contribution is 6.31. The van der Waals surface area contributed by atoms with Crippen molar-refractivity contribution >= 4 is 40.8 Å². The van der Waals surface area contributed by atoms with Gasteiger partial charge in [0.25, 0.3) is 11.8 Å². The lowest BCUT2D eigenvalue weighted by Crippen LogP contribution is -2.56. The van der Waals surface area contributed by atoms with Crippen molar-refractivity contribution in [1.29, 1.82) is 5.26 Å². The second-order valence-corrected chi connectivity index (χ2v) is 11.8. The van der Waals surface area contributed by atoms with Gasteiger partial charge in [0.15, 0.2) is 0 Å². The van der Waals surface area contributed by atoms with Gasteiger partial charge in [-0.15, -0.1) is 0 Å². The minimum atomic E-state index is -2.94. The van der Waals surface area contributed by atoms with Crippen molar-refractivity contribution in [3.63, 3.8) is 0 Å². The number of alkyl halides is 2. The number of amides is 3. The molecule has 1 aliphatic heterocycles. The van der Waals surface area contributed by atoms with Crippen LogP contribution in [0, 0.1) is 17.1 Å². The molecule has 2 atom stereocenters. The minimum Gasteiger partial charge on any atom is -0.351 e. The van der Waals surface area contributed by atoms with Gasteiger partial charge in [-0.25, -0.2) is 18.2 Å².